The van der Waals surface area contributed by atoms with Gasteiger partial charge in [0.05, 0.1) is 0 Å². The van der Waals surface area contributed by atoms with Crippen LogP contribution < -0.4 is 0 Å². The maximum atomic E-state index is 11.1. The molecule has 0 aliphatic carbocycles. The van der Waals surface area contributed by atoms with Crippen molar-refractivity contribution in [3.05, 3.63) is 11.9 Å². The summed E-state index contributed by atoms with van der Waals surface area (Å²) < 4.78 is 32.7. The van der Waals surface area contributed by atoms with Gasteiger partial charge in [0, 0.05) is 6.92 Å². The molecule has 0 aromatic heterocycles. The van der Waals surface area contributed by atoms with Crippen molar-refractivity contribution in [2.24, 2.45) is 0 Å². The average Bonchev–Trinajstić information content (AvgIpc) is 1.85. The van der Waals surface area contributed by atoms with Gasteiger partial charge in [-0.2, -0.15) is 8.78 Å². The van der Waals surface area contributed by atoms with Crippen molar-refractivity contribution in [1.82, 2.24) is 0 Å². The van der Waals surface area contributed by atoms with Gasteiger partial charge >= 0.3 is 6.08 Å². The Morgan fingerprint density at radius 3 is 1.64 bits per heavy atom. The predicted octanol–water partition coefficient (Wildman–Crippen LogP) is 1.15. The van der Waals surface area contributed by atoms with Crippen LogP contribution >= 0.6 is 0 Å². The molecule has 0 saturated heterocycles. The lowest BCUT2D eigenvalue weighted by atomic mass is 10.6. The zero-order chi connectivity index (χ0) is 9.44. The van der Waals surface area contributed by atoms with Gasteiger partial charge in [-0.25, -0.2) is 4.39 Å². The normalized spacial score (nSPS) is 7.73. The molecule has 0 atom stereocenters. The first-order chi connectivity index (χ1) is 4.91. The van der Waals surface area contributed by atoms with Crippen molar-refractivity contribution in [2.45, 2.75) is 6.92 Å². The summed E-state index contributed by atoms with van der Waals surface area (Å²) in [6, 6.07) is 0. The molecule has 0 unspecified atom stereocenters. The Bertz CT molecular complexity index is 147. The van der Waals surface area contributed by atoms with E-state index in [-0.39, 0.29) is 0 Å². The molecule has 0 aliphatic rings. The first kappa shape index (κ1) is 12.6. The molecule has 0 rings (SSSR count). The minimum absolute atomic E-state index is 0.833. The van der Waals surface area contributed by atoms with Crippen LogP contribution in [-0.2, 0) is 4.79 Å². The highest BCUT2D eigenvalue weighted by molar-refractivity contribution is 5.62. The van der Waals surface area contributed by atoms with Crippen LogP contribution in [0.4, 0.5) is 13.2 Å². The topological polar surface area (TPSA) is 57.5 Å². The summed E-state index contributed by atoms with van der Waals surface area (Å²) in [5.41, 5.74) is 0. The van der Waals surface area contributed by atoms with E-state index in [4.69, 9.17) is 15.0 Å². The fraction of sp³-hybridized carbons (Fsp3) is 0.400. The summed E-state index contributed by atoms with van der Waals surface area (Å²) in [6.07, 6.45) is -2.46. The van der Waals surface area contributed by atoms with Crippen molar-refractivity contribution in [3.63, 3.8) is 0 Å². The van der Waals surface area contributed by atoms with E-state index in [9.17, 15) is 13.2 Å². The zero-order valence-electron chi connectivity index (χ0n) is 5.64. The Kier molecular flexibility index (Phi) is 8.11. The van der Waals surface area contributed by atoms with E-state index < -0.39 is 24.5 Å². The van der Waals surface area contributed by atoms with E-state index in [1.807, 2.05) is 0 Å². The lowest BCUT2D eigenvalue weighted by Gasteiger charge is -1.81. The van der Waals surface area contributed by atoms with Crippen LogP contribution in [0.5, 0.6) is 0 Å². The zero-order valence-corrected chi connectivity index (χ0v) is 5.64. The number of carboxylic acid groups (broad SMARTS) is 1. The molecule has 0 bridgehead atoms. The molecule has 0 aliphatic heterocycles. The second kappa shape index (κ2) is 7.07. The molecular weight excluding hydrogens is 165 g/mol. The van der Waals surface area contributed by atoms with Crippen LogP contribution in [0, 0.1) is 0 Å². The molecular formula is C5H7F3O3. The lowest BCUT2D eigenvalue weighted by Crippen LogP contribution is -1.81. The molecule has 6 heteroatoms. The average molecular weight is 172 g/mol. The number of aliphatic hydroxyl groups excluding tert-OH is 1. The van der Waals surface area contributed by atoms with E-state index in [1.54, 1.807) is 0 Å². The number of hydrogen-bond donors (Lipinski definition) is 2. The molecule has 0 spiro atoms. The van der Waals surface area contributed by atoms with Gasteiger partial charge in [0.2, 0.25) is 0 Å². The Labute approximate surface area is 60.8 Å². The molecule has 0 aromatic rings. The van der Waals surface area contributed by atoms with Crippen molar-refractivity contribution < 1.29 is 28.2 Å². The molecule has 2 N–H and O–H groups in total. The van der Waals surface area contributed by atoms with Crippen molar-refractivity contribution in [2.75, 3.05) is 6.61 Å². The Hall–Kier alpha value is -1.04. The Balaban J connectivity index is 0. The number of rotatable bonds is 1. The van der Waals surface area contributed by atoms with E-state index in [2.05, 4.69) is 0 Å². The fourth-order valence-electron chi connectivity index (χ4n) is 0.0598. The SMILES string of the molecule is CC(=O)O.OCC(F)=C(F)F. The highest BCUT2D eigenvalue weighted by atomic mass is 19.3. The van der Waals surface area contributed by atoms with Crippen LogP contribution in [0.3, 0.4) is 0 Å². The number of carboxylic acids is 1. The summed E-state index contributed by atoms with van der Waals surface area (Å²) >= 11 is 0. The molecule has 11 heavy (non-hydrogen) atoms. The lowest BCUT2D eigenvalue weighted by molar-refractivity contribution is -0.134. The molecule has 0 heterocycles. The second-order valence-corrected chi connectivity index (χ2v) is 1.34. The first-order valence-electron chi connectivity index (χ1n) is 2.41. The van der Waals surface area contributed by atoms with Gasteiger partial charge in [0.15, 0.2) is 5.83 Å². The quantitative estimate of drug-likeness (QED) is 0.623. The maximum absolute atomic E-state index is 11.1. The molecule has 0 saturated carbocycles. The van der Waals surface area contributed by atoms with Gasteiger partial charge in [0.25, 0.3) is 5.97 Å². The number of carbonyl (C=O) groups is 1. The van der Waals surface area contributed by atoms with Gasteiger partial charge in [-0.3, -0.25) is 4.79 Å². The number of halogens is 3. The van der Waals surface area contributed by atoms with Crippen molar-refractivity contribution in [3.8, 4) is 0 Å². The standard InChI is InChI=1S/C3H3F3O.C2H4O2/c4-2(1-7)3(5)6;1-2(3)4/h7H,1H2;1H3,(H,3,4). The number of aliphatic hydroxyl groups is 1. The van der Waals surface area contributed by atoms with Crippen LogP contribution in [0.15, 0.2) is 11.9 Å². The molecule has 0 amide bonds. The molecule has 0 fully saturated rings. The highest BCUT2D eigenvalue weighted by Crippen LogP contribution is 2.06. The smallest absolute Gasteiger partial charge is 0.303 e. The third-order valence-electron chi connectivity index (χ3n) is 0.344. The van der Waals surface area contributed by atoms with E-state index >= 15 is 0 Å². The fourth-order valence-corrected chi connectivity index (χ4v) is 0.0598. The number of hydrogen-bond acceptors (Lipinski definition) is 2. The summed E-state index contributed by atoms with van der Waals surface area (Å²) in [6.45, 7) is -0.137. The highest BCUT2D eigenvalue weighted by Gasteiger charge is 1.99. The Morgan fingerprint density at radius 1 is 1.36 bits per heavy atom. The summed E-state index contributed by atoms with van der Waals surface area (Å²) in [4.78, 5) is 9.00. The third kappa shape index (κ3) is 17.6. The minimum Gasteiger partial charge on any atom is -0.481 e. The first-order valence-corrected chi connectivity index (χ1v) is 2.41. The minimum atomic E-state index is -2.46. The second-order valence-electron chi connectivity index (χ2n) is 1.34. The third-order valence-corrected chi connectivity index (χ3v) is 0.344. The van der Waals surface area contributed by atoms with Gasteiger partial charge in [-0.05, 0) is 0 Å². The van der Waals surface area contributed by atoms with Gasteiger partial charge in [0.1, 0.15) is 6.61 Å². The van der Waals surface area contributed by atoms with E-state index in [0.29, 0.717) is 0 Å². The molecule has 3 nitrogen and oxygen atoms in total. The largest absolute Gasteiger partial charge is 0.481 e. The van der Waals surface area contributed by atoms with E-state index in [1.165, 1.54) is 0 Å². The summed E-state index contributed by atoms with van der Waals surface area (Å²) in [5.74, 6) is -2.60. The maximum Gasteiger partial charge on any atom is 0.303 e. The van der Waals surface area contributed by atoms with Crippen LogP contribution in [0.1, 0.15) is 6.92 Å². The summed E-state index contributed by atoms with van der Waals surface area (Å²) in [7, 11) is 0. The van der Waals surface area contributed by atoms with Gasteiger partial charge in [-0.15, -0.1) is 0 Å². The number of aliphatic carboxylic acids is 1. The van der Waals surface area contributed by atoms with Crippen molar-refractivity contribution >= 4 is 5.97 Å². The van der Waals surface area contributed by atoms with Crippen LogP contribution in [0.25, 0.3) is 0 Å². The summed E-state index contributed by atoms with van der Waals surface area (Å²) in [5, 5.41) is 15.0. The monoisotopic (exact) mass is 172 g/mol. The van der Waals surface area contributed by atoms with E-state index in [0.717, 1.165) is 6.92 Å². The molecule has 0 radical (unpaired) electrons. The van der Waals surface area contributed by atoms with Gasteiger partial charge in [-0.1, -0.05) is 0 Å². The van der Waals surface area contributed by atoms with Crippen LogP contribution in [-0.4, -0.2) is 22.8 Å². The predicted molar refractivity (Wildman–Crippen MR) is 30.7 cm³/mol. The van der Waals surface area contributed by atoms with Crippen molar-refractivity contribution in [1.29, 1.82) is 0 Å². The van der Waals surface area contributed by atoms with Crippen LogP contribution in [0.2, 0.25) is 0 Å². The molecule has 0 aromatic carbocycles. The molecule has 66 valence electrons. The Morgan fingerprint density at radius 2 is 1.64 bits per heavy atom. The van der Waals surface area contributed by atoms with Gasteiger partial charge < -0.3 is 10.2 Å².